The molecule has 1 unspecified atom stereocenters. The predicted molar refractivity (Wildman–Crippen MR) is 88.7 cm³/mol. The van der Waals surface area contributed by atoms with Crippen LogP contribution < -0.4 is 5.14 Å². The average molecular weight is 354 g/mol. The van der Waals surface area contributed by atoms with Crippen molar-refractivity contribution in [1.29, 1.82) is 0 Å². The van der Waals surface area contributed by atoms with E-state index in [-0.39, 0.29) is 28.2 Å². The Labute approximate surface area is 140 Å². The van der Waals surface area contributed by atoms with Gasteiger partial charge in [0.25, 0.3) is 0 Å². The number of nitrogens with two attached hydrogens (primary N) is 1. The number of carbonyl (C=O) groups is 2. The minimum absolute atomic E-state index is 0.0629. The van der Waals surface area contributed by atoms with Crippen LogP contribution in [-0.4, -0.2) is 25.8 Å². The first-order valence-corrected chi connectivity index (χ1v) is 8.59. The first-order chi connectivity index (χ1) is 10.9. The number of Topliss-reactive ketones (excluding diaryl/α,β-unsaturated/α-hetero) is 1. The lowest BCUT2D eigenvalue weighted by Gasteiger charge is -1.99. The molecule has 2 rings (SSSR count). The number of ketones is 1. The standard InChI is InChI=1S/C9H10N2O3S2.C6H5F/c1-6(12)15-5-9(13)8-3-2-7(4-11-8)16(10)14;7-6-4-2-1-3-5-6/h2-4H,5,10H2,1H3;1-5H. The summed E-state index contributed by atoms with van der Waals surface area (Å²) in [6.07, 6.45) is 1.29. The van der Waals surface area contributed by atoms with E-state index in [0.717, 1.165) is 11.8 Å². The van der Waals surface area contributed by atoms with E-state index < -0.39 is 11.0 Å². The molecule has 0 radical (unpaired) electrons. The number of halogens is 1. The molecule has 1 atom stereocenters. The summed E-state index contributed by atoms with van der Waals surface area (Å²) in [4.78, 5) is 26.3. The van der Waals surface area contributed by atoms with Gasteiger partial charge in [-0.1, -0.05) is 30.0 Å². The van der Waals surface area contributed by atoms with Crippen LogP contribution in [0, 0.1) is 5.82 Å². The van der Waals surface area contributed by atoms with Crippen molar-refractivity contribution < 1.29 is 18.2 Å². The second-order valence-corrected chi connectivity index (χ2v) is 6.39. The van der Waals surface area contributed by atoms with Crippen LogP contribution in [0.3, 0.4) is 0 Å². The Hall–Kier alpha value is -1.90. The number of rotatable bonds is 4. The van der Waals surface area contributed by atoms with Crippen LogP contribution in [0.4, 0.5) is 4.39 Å². The van der Waals surface area contributed by atoms with E-state index in [0.29, 0.717) is 4.90 Å². The fourth-order valence-electron chi connectivity index (χ4n) is 1.32. The molecule has 0 aliphatic carbocycles. The molecule has 2 aromatic rings. The third-order valence-corrected chi connectivity index (χ3v) is 3.91. The normalized spacial score (nSPS) is 11.1. The summed E-state index contributed by atoms with van der Waals surface area (Å²) in [5.41, 5.74) is 0.239. The maximum atomic E-state index is 11.9. The molecule has 0 fully saturated rings. The predicted octanol–water partition coefficient (Wildman–Crippen LogP) is 2.35. The van der Waals surface area contributed by atoms with E-state index in [1.165, 1.54) is 37.4 Å². The van der Waals surface area contributed by atoms with E-state index in [9.17, 15) is 18.2 Å². The van der Waals surface area contributed by atoms with E-state index in [1.54, 1.807) is 18.2 Å². The third kappa shape index (κ3) is 7.78. The summed E-state index contributed by atoms with van der Waals surface area (Å²) < 4.78 is 22.8. The van der Waals surface area contributed by atoms with Crippen molar-refractivity contribution in [3.63, 3.8) is 0 Å². The molecule has 2 N–H and O–H groups in total. The highest BCUT2D eigenvalue weighted by molar-refractivity contribution is 8.14. The van der Waals surface area contributed by atoms with Gasteiger partial charge >= 0.3 is 0 Å². The molecule has 8 heteroatoms. The Morgan fingerprint density at radius 1 is 1.22 bits per heavy atom. The fourth-order valence-corrected chi connectivity index (χ4v) is 2.16. The van der Waals surface area contributed by atoms with E-state index in [1.807, 2.05) is 0 Å². The van der Waals surface area contributed by atoms with Crippen LogP contribution in [0.15, 0.2) is 53.6 Å². The van der Waals surface area contributed by atoms with Gasteiger partial charge in [0, 0.05) is 13.1 Å². The molecule has 122 valence electrons. The molecule has 1 heterocycles. The van der Waals surface area contributed by atoms with Crippen LogP contribution in [0.2, 0.25) is 0 Å². The lowest BCUT2D eigenvalue weighted by molar-refractivity contribution is -0.109. The van der Waals surface area contributed by atoms with Gasteiger partial charge in [0.2, 0.25) is 0 Å². The molecule has 0 aliphatic heterocycles. The molecule has 5 nitrogen and oxygen atoms in total. The quantitative estimate of drug-likeness (QED) is 0.851. The van der Waals surface area contributed by atoms with Crippen molar-refractivity contribution in [2.45, 2.75) is 11.8 Å². The maximum Gasteiger partial charge on any atom is 0.191 e. The van der Waals surface area contributed by atoms with Gasteiger partial charge in [0.05, 0.1) is 10.6 Å². The number of carbonyl (C=O) groups excluding carboxylic acids is 2. The molecule has 1 aromatic heterocycles. The smallest absolute Gasteiger partial charge is 0.191 e. The minimum atomic E-state index is -1.59. The summed E-state index contributed by atoms with van der Waals surface area (Å²) in [5.74, 6) is -0.357. The average Bonchev–Trinajstić information content (AvgIpc) is 2.54. The summed E-state index contributed by atoms with van der Waals surface area (Å²) in [7, 11) is -1.59. The molecule has 0 saturated carbocycles. The van der Waals surface area contributed by atoms with Crippen molar-refractivity contribution >= 4 is 33.6 Å². The number of aromatic nitrogens is 1. The molecule has 0 spiro atoms. The van der Waals surface area contributed by atoms with E-state index in [2.05, 4.69) is 4.98 Å². The van der Waals surface area contributed by atoms with Crippen molar-refractivity contribution in [3.05, 3.63) is 60.2 Å². The molecule has 0 saturated heterocycles. The number of nitrogens with zero attached hydrogens (tertiary/aromatic N) is 1. The molecule has 0 bridgehead atoms. The molecule has 0 amide bonds. The number of pyridine rings is 1. The summed E-state index contributed by atoms with van der Waals surface area (Å²) in [6.45, 7) is 1.39. The molecule has 0 aliphatic rings. The number of hydrogen-bond donors (Lipinski definition) is 1. The highest BCUT2D eigenvalue weighted by Gasteiger charge is 2.09. The molecule has 1 aromatic carbocycles. The first-order valence-electron chi connectivity index (χ1n) is 6.39. The monoisotopic (exact) mass is 354 g/mol. The van der Waals surface area contributed by atoms with Crippen LogP contribution in [0.5, 0.6) is 0 Å². The maximum absolute atomic E-state index is 11.9. The zero-order valence-electron chi connectivity index (χ0n) is 12.3. The molecule has 23 heavy (non-hydrogen) atoms. The van der Waals surface area contributed by atoms with Gasteiger partial charge in [-0.05, 0) is 24.3 Å². The second kappa shape index (κ2) is 9.98. The van der Waals surface area contributed by atoms with Crippen molar-refractivity contribution in [1.82, 2.24) is 4.98 Å². The largest absolute Gasteiger partial charge is 0.291 e. The van der Waals surface area contributed by atoms with Gasteiger partial charge in [0.1, 0.15) is 22.5 Å². The van der Waals surface area contributed by atoms with Crippen LogP contribution >= 0.6 is 11.8 Å². The number of thioether (sulfide) groups is 1. The lowest BCUT2D eigenvalue weighted by Crippen LogP contribution is -2.08. The van der Waals surface area contributed by atoms with Crippen molar-refractivity contribution in [2.24, 2.45) is 5.14 Å². The number of benzene rings is 1. The summed E-state index contributed by atoms with van der Waals surface area (Å²) >= 11 is 0.932. The van der Waals surface area contributed by atoms with Gasteiger partial charge in [-0.2, -0.15) is 0 Å². The van der Waals surface area contributed by atoms with Gasteiger partial charge in [-0.15, -0.1) is 0 Å². The zero-order valence-corrected chi connectivity index (χ0v) is 13.9. The van der Waals surface area contributed by atoms with Crippen molar-refractivity contribution in [3.8, 4) is 0 Å². The fraction of sp³-hybridized carbons (Fsp3) is 0.133. The van der Waals surface area contributed by atoms with Crippen LogP contribution in [0.1, 0.15) is 17.4 Å². The lowest BCUT2D eigenvalue weighted by atomic mass is 10.3. The Kier molecular flexibility index (Phi) is 8.31. The molecular formula is C15H15FN2O3S2. The van der Waals surface area contributed by atoms with Gasteiger partial charge in [0.15, 0.2) is 10.9 Å². The van der Waals surface area contributed by atoms with Gasteiger partial charge in [-0.25, -0.2) is 13.7 Å². The zero-order chi connectivity index (χ0) is 17.2. The SMILES string of the molecule is CC(=O)SCC(=O)c1ccc(S(N)=O)cn1.Fc1ccccc1. The Balaban J connectivity index is 0.000000313. The Morgan fingerprint density at radius 3 is 2.26 bits per heavy atom. The van der Waals surface area contributed by atoms with Gasteiger partial charge in [-0.3, -0.25) is 14.6 Å². The highest BCUT2D eigenvalue weighted by Crippen LogP contribution is 2.08. The second-order valence-electron chi connectivity index (χ2n) is 4.18. The summed E-state index contributed by atoms with van der Waals surface area (Å²) in [6, 6.07) is 10.9. The molecular weight excluding hydrogens is 339 g/mol. The minimum Gasteiger partial charge on any atom is -0.291 e. The van der Waals surface area contributed by atoms with Crippen LogP contribution in [-0.2, 0) is 15.8 Å². The van der Waals surface area contributed by atoms with Crippen LogP contribution in [0.25, 0.3) is 0 Å². The first kappa shape index (κ1) is 19.1. The van der Waals surface area contributed by atoms with Gasteiger partial charge < -0.3 is 0 Å². The Bertz CT molecular complexity index is 679. The van der Waals surface area contributed by atoms with Crippen molar-refractivity contribution in [2.75, 3.05) is 5.75 Å². The third-order valence-electron chi connectivity index (χ3n) is 2.39. The topological polar surface area (TPSA) is 90.1 Å². The van der Waals surface area contributed by atoms with E-state index >= 15 is 0 Å². The van der Waals surface area contributed by atoms with E-state index in [4.69, 9.17) is 5.14 Å². The summed E-state index contributed by atoms with van der Waals surface area (Å²) in [5, 5.41) is 5.02. The highest BCUT2D eigenvalue weighted by atomic mass is 32.2. The number of hydrogen-bond acceptors (Lipinski definition) is 5. The Morgan fingerprint density at radius 2 is 1.87 bits per heavy atom.